The molecule has 1 saturated heterocycles. The van der Waals surface area contributed by atoms with E-state index in [-0.39, 0.29) is 23.0 Å². The van der Waals surface area contributed by atoms with E-state index < -0.39 is 0 Å². The van der Waals surface area contributed by atoms with Crippen LogP contribution in [0.1, 0.15) is 48.0 Å². The lowest BCUT2D eigenvalue weighted by Gasteiger charge is -2.36. The van der Waals surface area contributed by atoms with Gasteiger partial charge in [-0.1, -0.05) is 20.8 Å². The molecule has 17 heavy (non-hydrogen) atoms. The molecule has 3 heteroatoms. The van der Waals surface area contributed by atoms with Crippen molar-refractivity contribution >= 4 is 5.97 Å². The first-order chi connectivity index (χ1) is 7.57. The molecule has 1 heterocycles. The number of hydrogen-bond acceptors (Lipinski definition) is 3. The number of nitrogens with zero attached hydrogens (tertiary/aromatic N) is 1. The topological polar surface area (TPSA) is 29.5 Å². The monoisotopic (exact) mass is 241 g/mol. The molecule has 0 amide bonds. The summed E-state index contributed by atoms with van der Waals surface area (Å²) in [4.78, 5) is 14.2. The number of ether oxygens (including phenoxy) is 1. The molecule has 0 aromatic heterocycles. The van der Waals surface area contributed by atoms with E-state index in [1.165, 1.54) is 7.11 Å². The van der Waals surface area contributed by atoms with Crippen LogP contribution in [-0.4, -0.2) is 36.1 Å². The predicted molar refractivity (Wildman–Crippen MR) is 69.8 cm³/mol. The Balaban J connectivity index is 2.91. The van der Waals surface area contributed by atoms with Crippen LogP contribution in [-0.2, 0) is 9.53 Å². The van der Waals surface area contributed by atoms with Gasteiger partial charge in [-0.3, -0.25) is 9.69 Å². The van der Waals surface area contributed by atoms with Crippen LogP contribution < -0.4 is 0 Å². The first-order valence-electron chi connectivity index (χ1n) is 6.42. The van der Waals surface area contributed by atoms with Crippen molar-refractivity contribution in [2.75, 3.05) is 13.7 Å². The molecule has 0 aromatic rings. The maximum absolute atomic E-state index is 11.9. The molecular formula is C14H27NO2. The van der Waals surface area contributed by atoms with Crippen LogP contribution in [0.5, 0.6) is 0 Å². The summed E-state index contributed by atoms with van der Waals surface area (Å²) < 4.78 is 4.94. The molecule has 0 spiro atoms. The summed E-state index contributed by atoms with van der Waals surface area (Å²) in [5, 5.41) is 0. The summed E-state index contributed by atoms with van der Waals surface area (Å²) in [7, 11) is 1.48. The lowest BCUT2D eigenvalue weighted by molar-refractivity contribution is -0.147. The molecular weight excluding hydrogens is 214 g/mol. The molecule has 0 aliphatic carbocycles. The maximum atomic E-state index is 11.9. The SMILES string of the molecule is COC(=O)C1CC(C(C)(C)C)CN1C(C)(C)C. The minimum atomic E-state index is -0.0910. The van der Waals surface area contributed by atoms with Gasteiger partial charge in [0.15, 0.2) is 0 Å². The standard InChI is InChI=1S/C14H27NO2/c1-13(2,3)10-8-11(12(16)17-7)15(9-10)14(4,5)6/h10-11H,8-9H2,1-7H3. The predicted octanol–water partition coefficient (Wildman–Crippen LogP) is 2.69. The first-order valence-corrected chi connectivity index (χ1v) is 6.42. The van der Waals surface area contributed by atoms with E-state index in [2.05, 4.69) is 46.4 Å². The van der Waals surface area contributed by atoms with E-state index >= 15 is 0 Å². The van der Waals surface area contributed by atoms with Crippen LogP contribution in [0.25, 0.3) is 0 Å². The lowest BCUT2D eigenvalue weighted by atomic mass is 9.79. The molecule has 1 rings (SSSR count). The van der Waals surface area contributed by atoms with Crippen molar-refractivity contribution in [2.24, 2.45) is 11.3 Å². The van der Waals surface area contributed by atoms with Crippen molar-refractivity contribution in [2.45, 2.75) is 59.5 Å². The highest BCUT2D eigenvalue weighted by molar-refractivity contribution is 5.76. The highest BCUT2D eigenvalue weighted by Gasteiger charge is 2.45. The van der Waals surface area contributed by atoms with E-state index in [0.29, 0.717) is 5.92 Å². The average molecular weight is 241 g/mol. The fourth-order valence-electron chi connectivity index (χ4n) is 2.56. The Morgan fingerprint density at radius 2 is 1.71 bits per heavy atom. The van der Waals surface area contributed by atoms with Gasteiger partial charge in [-0.15, -0.1) is 0 Å². The highest BCUT2D eigenvalue weighted by atomic mass is 16.5. The Hall–Kier alpha value is -0.570. The minimum Gasteiger partial charge on any atom is -0.468 e. The van der Waals surface area contributed by atoms with Gasteiger partial charge >= 0.3 is 5.97 Å². The zero-order valence-corrected chi connectivity index (χ0v) is 12.3. The molecule has 1 aliphatic heterocycles. The third-order valence-corrected chi connectivity index (χ3v) is 3.86. The Labute approximate surface area is 106 Å². The molecule has 0 saturated carbocycles. The number of carbonyl (C=O) groups is 1. The fraction of sp³-hybridized carbons (Fsp3) is 0.929. The Kier molecular flexibility index (Phi) is 3.92. The molecule has 2 unspecified atom stereocenters. The summed E-state index contributed by atoms with van der Waals surface area (Å²) in [5.74, 6) is 0.456. The van der Waals surface area contributed by atoms with Gasteiger partial charge in [0.05, 0.1) is 7.11 Å². The quantitative estimate of drug-likeness (QED) is 0.661. The Morgan fingerprint density at radius 1 is 1.18 bits per heavy atom. The lowest BCUT2D eigenvalue weighted by Crippen LogP contribution is -2.48. The molecule has 1 aliphatic rings. The third kappa shape index (κ3) is 3.21. The Bertz CT molecular complexity index is 286. The van der Waals surface area contributed by atoms with E-state index in [1.807, 2.05) is 0 Å². The molecule has 3 nitrogen and oxygen atoms in total. The smallest absolute Gasteiger partial charge is 0.323 e. The highest BCUT2D eigenvalue weighted by Crippen LogP contribution is 2.39. The second kappa shape index (κ2) is 4.60. The van der Waals surface area contributed by atoms with E-state index in [9.17, 15) is 4.79 Å². The van der Waals surface area contributed by atoms with Crippen molar-refractivity contribution in [3.8, 4) is 0 Å². The number of likely N-dealkylation sites (tertiary alicyclic amines) is 1. The number of esters is 1. The van der Waals surface area contributed by atoms with Crippen LogP contribution in [0.2, 0.25) is 0 Å². The first kappa shape index (κ1) is 14.5. The van der Waals surface area contributed by atoms with Gasteiger partial charge in [0, 0.05) is 12.1 Å². The van der Waals surface area contributed by atoms with E-state index in [0.717, 1.165) is 13.0 Å². The normalized spacial score (nSPS) is 27.2. The summed E-state index contributed by atoms with van der Waals surface area (Å²) >= 11 is 0. The number of rotatable bonds is 1. The average Bonchev–Trinajstić information content (AvgIpc) is 2.59. The van der Waals surface area contributed by atoms with E-state index in [1.54, 1.807) is 0 Å². The molecule has 0 bridgehead atoms. The summed E-state index contributed by atoms with van der Waals surface area (Å²) in [6.07, 6.45) is 0.910. The van der Waals surface area contributed by atoms with Crippen molar-refractivity contribution in [3.63, 3.8) is 0 Å². The van der Waals surface area contributed by atoms with Crippen molar-refractivity contribution < 1.29 is 9.53 Å². The van der Waals surface area contributed by atoms with Gasteiger partial charge in [0.25, 0.3) is 0 Å². The van der Waals surface area contributed by atoms with Gasteiger partial charge in [-0.2, -0.15) is 0 Å². The molecule has 100 valence electrons. The maximum Gasteiger partial charge on any atom is 0.323 e. The molecule has 0 aromatic carbocycles. The van der Waals surface area contributed by atoms with Crippen LogP contribution in [0.4, 0.5) is 0 Å². The van der Waals surface area contributed by atoms with Crippen molar-refractivity contribution in [3.05, 3.63) is 0 Å². The van der Waals surface area contributed by atoms with Gasteiger partial charge in [0.2, 0.25) is 0 Å². The molecule has 1 fully saturated rings. The van der Waals surface area contributed by atoms with Gasteiger partial charge < -0.3 is 4.74 Å². The minimum absolute atomic E-state index is 0.0128. The second-order valence-electron chi connectivity index (χ2n) is 7.16. The number of carbonyl (C=O) groups excluding carboxylic acids is 1. The third-order valence-electron chi connectivity index (χ3n) is 3.86. The Morgan fingerprint density at radius 3 is 2.06 bits per heavy atom. The van der Waals surface area contributed by atoms with Crippen LogP contribution in [0.3, 0.4) is 0 Å². The number of methoxy groups -OCH3 is 1. The number of hydrogen-bond donors (Lipinski definition) is 0. The largest absolute Gasteiger partial charge is 0.468 e. The molecule has 0 N–H and O–H groups in total. The van der Waals surface area contributed by atoms with Crippen LogP contribution in [0.15, 0.2) is 0 Å². The zero-order valence-electron chi connectivity index (χ0n) is 12.3. The second-order valence-corrected chi connectivity index (χ2v) is 7.16. The van der Waals surface area contributed by atoms with Gasteiger partial charge in [-0.25, -0.2) is 0 Å². The summed E-state index contributed by atoms with van der Waals surface area (Å²) in [6, 6.07) is -0.0794. The fourth-order valence-corrected chi connectivity index (χ4v) is 2.56. The molecule has 2 atom stereocenters. The molecule has 0 radical (unpaired) electrons. The summed E-state index contributed by atoms with van der Waals surface area (Å²) in [5.41, 5.74) is 0.255. The summed E-state index contributed by atoms with van der Waals surface area (Å²) in [6.45, 7) is 14.2. The van der Waals surface area contributed by atoms with Crippen molar-refractivity contribution in [1.82, 2.24) is 4.90 Å². The van der Waals surface area contributed by atoms with Crippen LogP contribution >= 0.6 is 0 Å². The van der Waals surface area contributed by atoms with Crippen LogP contribution in [0, 0.1) is 11.3 Å². The van der Waals surface area contributed by atoms with Crippen molar-refractivity contribution in [1.29, 1.82) is 0 Å². The van der Waals surface area contributed by atoms with Gasteiger partial charge in [0.1, 0.15) is 6.04 Å². The zero-order chi connectivity index (χ0) is 13.4. The van der Waals surface area contributed by atoms with E-state index in [4.69, 9.17) is 4.74 Å². The van der Waals surface area contributed by atoms with Gasteiger partial charge in [-0.05, 0) is 38.5 Å².